The molecule has 1 saturated heterocycles. The van der Waals surface area contributed by atoms with Crippen LogP contribution in [0.5, 0.6) is 0 Å². The maximum Gasteiger partial charge on any atom is 0.418 e. The van der Waals surface area contributed by atoms with Gasteiger partial charge in [-0.2, -0.15) is 26.3 Å². The molecule has 4 rings (SSSR count). The first kappa shape index (κ1) is 25.6. The van der Waals surface area contributed by atoms with E-state index in [2.05, 4.69) is 4.98 Å². The third kappa shape index (κ3) is 5.52. The van der Waals surface area contributed by atoms with Crippen LogP contribution in [0.1, 0.15) is 60.9 Å². The van der Waals surface area contributed by atoms with Gasteiger partial charge in [0.2, 0.25) is 0 Å². The molecule has 3 atom stereocenters. The van der Waals surface area contributed by atoms with Crippen molar-refractivity contribution in [2.75, 3.05) is 6.61 Å². The Kier molecular flexibility index (Phi) is 6.97. The summed E-state index contributed by atoms with van der Waals surface area (Å²) >= 11 is 0. The first-order valence-corrected chi connectivity index (χ1v) is 11.8. The number of hydrogen-bond acceptors (Lipinski definition) is 1. The molecule has 35 heavy (non-hydrogen) atoms. The molecule has 2 heterocycles. The van der Waals surface area contributed by atoms with Crippen molar-refractivity contribution in [1.29, 1.82) is 0 Å². The second kappa shape index (κ2) is 9.52. The molecule has 3 unspecified atom stereocenters. The number of nitrogens with one attached hydrogen (secondary N) is 1. The maximum absolute atomic E-state index is 13.7. The Hall–Kier alpha value is -2.48. The number of rotatable bonds is 7. The van der Waals surface area contributed by atoms with Gasteiger partial charge < -0.3 is 9.72 Å². The number of aromatic amines is 1. The van der Waals surface area contributed by atoms with Crippen LogP contribution in [0.3, 0.4) is 0 Å². The van der Waals surface area contributed by atoms with Crippen molar-refractivity contribution < 1.29 is 31.1 Å². The summed E-state index contributed by atoms with van der Waals surface area (Å²) in [5.41, 5.74) is 0.632. The zero-order valence-electron chi connectivity index (χ0n) is 19.9. The van der Waals surface area contributed by atoms with E-state index in [1.54, 1.807) is 24.4 Å². The van der Waals surface area contributed by atoms with E-state index in [1.807, 2.05) is 20.8 Å². The number of H-pyrrole nitrogens is 1. The van der Waals surface area contributed by atoms with Crippen LogP contribution in [0.4, 0.5) is 26.3 Å². The van der Waals surface area contributed by atoms with Gasteiger partial charge in [0, 0.05) is 17.5 Å². The lowest BCUT2D eigenvalue weighted by atomic mass is 9.80. The number of alkyl halides is 6. The standard InChI is InChI=1S/C27H29F6NO/c1-15(2)9-17-7-8-22(26(28,29)30)20(12-17)21-14-35-24(21)11-16(3)10-18-13-34-25-19(18)5-4-6-23(25)27(31,32)33/h4-8,12-13,15-16,21,24,34H,9-11,14H2,1-3H3. The van der Waals surface area contributed by atoms with E-state index in [0.717, 1.165) is 17.2 Å². The number of fused-ring (bicyclic) bond motifs is 1. The lowest BCUT2D eigenvalue weighted by Gasteiger charge is -2.40. The summed E-state index contributed by atoms with van der Waals surface area (Å²) in [5, 5.41) is 0.512. The van der Waals surface area contributed by atoms with Gasteiger partial charge in [0.05, 0.1) is 29.4 Å². The summed E-state index contributed by atoms with van der Waals surface area (Å²) in [6.45, 7) is 6.23. The van der Waals surface area contributed by atoms with E-state index in [0.29, 0.717) is 30.6 Å². The predicted molar refractivity (Wildman–Crippen MR) is 123 cm³/mol. The molecule has 0 radical (unpaired) electrons. The molecule has 3 aromatic rings. The first-order valence-electron chi connectivity index (χ1n) is 11.8. The fraction of sp³-hybridized carbons (Fsp3) is 0.481. The molecule has 1 aliphatic heterocycles. The first-order chi connectivity index (χ1) is 16.3. The topological polar surface area (TPSA) is 25.0 Å². The summed E-state index contributed by atoms with van der Waals surface area (Å²) < 4.78 is 86.9. The third-order valence-corrected chi connectivity index (χ3v) is 6.71. The molecule has 0 spiro atoms. The van der Waals surface area contributed by atoms with Crippen molar-refractivity contribution >= 4 is 10.9 Å². The average molecular weight is 498 g/mol. The van der Waals surface area contributed by atoms with Crippen molar-refractivity contribution in [3.63, 3.8) is 0 Å². The SMILES string of the molecule is CC(C)Cc1ccc(C(F)(F)F)c(C2COC2CC(C)Cc2c[nH]c3c(C(F)(F)F)cccc23)c1. The number of halogens is 6. The fourth-order valence-electron chi connectivity index (χ4n) is 5.10. The van der Waals surface area contributed by atoms with E-state index in [1.165, 1.54) is 12.1 Å². The van der Waals surface area contributed by atoms with E-state index in [9.17, 15) is 26.3 Å². The number of hydrogen-bond donors (Lipinski definition) is 1. The Morgan fingerprint density at radius 2 is 1.66 bits per heavy atom. The van der Waals surface area contributed by atoms with Crippen molar-refractivity contribution in [2.45, 2.75) is 64.4 Å². The Balaban J connectivity index is 1.52. The Labute approximate surface area is 200 Å². The van der Waals surface area contributed by atoms with Crippen LogP contribution in [0.25, 0.3) is 10.9 Å². The zero-order chi connectivity index (χ0) is 25.5. The minimum Gasteiger partial charge on any atom is -0.377 e. The lowest BCUT2D eigenvalue weighted by molar-refractivity contribution is -0.141. The van der Waals surface area contributed by atoms with Crippen molar-refractivity contribution in [1.82, 2.24) is 4.98 Å². The Morgan fingerprint density at radius 1 is 0.943 bits per heavy atom. The maximum atomic E-state index is 13.7. The van der Waals surface area contributed by atoms with Crippen LogP contribution in [-0.2, 0) is 29.9 Å². The molecule has 2 aromatic carbocycles. The quantitative estimate of drug-likeness (QED) is 0.327. The van der Waals surface area contributed by atoms with E-state index in [-0.39, 0.29) is 35.6 Å². The van der Waals surface area contributed by atoms with Crippen molar-refractivity contribution in [3.8, 4) is 0 Å². The van der Waals surface area contributed by atoms with Gasteiger partial charge in [-0.25, -0.2) is 0 Å². The zero-order valence-corrected chi connectivity index (χ0v) is 19.9. The highest BCUT2D eigenvalue weighted by Gasteiger charge is 2.42. The highest BCUT2D eigenvalue weighted by Crippen LogP contribution is 2.43. The molecule has 2 nitrogen and oxygen atoms in total. The molecular formula is C27H29F6NO. The fourth-order valence-corrected chi connectivity index (χ4v) is 5.10. The number of ether oxygens (including phenoxy) is 1. The molecule has 8 heteroatoms. The largest absolute Gasteiger partial charge is 0.418 e. The number of para-hydroxylation sites is 1. The van der Waals surface area contributed by atoms with Crippen LogP contribution in [0.2, 0.25) is 0 Å². The van der Waals surface area contributed by atoms with Crippen molar-refractivity contribution in [3.05, 3.63) is 70.4 Å². The monoisotopic (exact) mass is 497 g/mol. The van der Waals surface area contributed by atoms with E-state index < -0.39 is 23.5 Å². The Morgan fingerprint density at radius 3 is 2.26 bits per heavy atom. The average Bonchev–Trinajstić information content (AvgIpc) is 3.12. The number of aromatic nitrogens is 1. The van der Waals surface area contributed by atoms with Crippen molar-refractivity contribution in [2.24, 2.45) is 11.8 Å². The third-order valence-electron chi connectivity index (χ3n) is 6.71. The summed E-state index contributed by atoms with van der Waals surface area (Å²) in [4.78, 5) is 2.75. The van der Waals surface area contributed by atoms with Gasteiger partial charge in [-0.3, -0.25) is 0 Å². The summed E-state index contributed by atoms with van der Waals surface area (Å²) in [5.74, 6) is -0.0346. The van der Waals surface area contributed by atoms with E-state index in [4.69, 9.17) is 4.74 Å². The van der Waals surface area contributed by atoms with E-state index >= 15 is 0 Å². The summed E-state index contributed by atoms with van der Waals surface area (Å²) in [6.07, 6.45) is -5.98. The molecular weight excluding hydrogens is 468 g/mol. The predicted octanol–water partition coefficient (Wildman–Crippen LogP) is 8.16. The van der Waals surface area contributed by atoms with Gasteiger partial charge in [0.25, 0.3) is 0 Å². The second-order valence-corrected chi connectivity index (χ2v) is 10.1. The molecule has 1 aromatic heterocycles. The highest BCUT2D eigenvalue weighted by atomic mass is 19.4. The molecule has 0 aliphatic carbocycles. The molecule has 0 saturated carbocycles. The Bertz CT molecular complexity index is 1180. The smallest absolute Gasteiger partial charge is 0.377 e. The van der Waals surface area contributed by atoms with Gasteiger partial charge >= 0.3 is 12.4 Å². The minimum atomic E-state index is -4.46. The normalized spacial score (nSPS) is 19.8. The molecule has 1 fully saturated rings. The molecule has 190 valence electrons. The van der Waals surface area contributed by atoms with Crippen LogP contribution in [-0.4, -0.2) is 17.7 Å². The van der Waals surface area contributed by atoms with Gasteiger partial charge in [-0.05, 0) is 59.9 Å². The number of benzene rings is 2. The van der Waals surface area contributed by atoms with Gasteiger partial charge in [0.1, 0.15) is 0 Å². The highest BCUT2D eigenvalue weighted by molar-refractivity contribution is 5.86. The molecule has 1 N–H and O–H groups in total. The van der Waals surface area contributed by atoms with Gasteiger partial charge in [-0.15, -0.1) is 0 Å². The van der Waals surface area contributed by atoms with Gasteiger partial charge in [-0.1, -0.05) is 45.0 Å². The van der Waals surface area contributed by atoms with Crippen LogP contribution >= 0.6 is 0 Å². The van der Waals surface area contributed by atoms with Crippen LogP contribution < -0.4 is 0 Å². The van der Waals surface area contributed by atoms with Crippen LogP contribution in [0.15, 0.2) is 42.6 Å². The second-order valence-electron chi connectivity index (χ2n) is 10.1. The lowest BCUT2D eigenvalue weighted by Crippen LogP contribution is -2.40. The molecule has 1 aliphatic rings. The summed E-state index contributed by atoms with van der Waals surface area (Å²) in [7, 11) is 0. The molecule has 0 bridgehead atoms. The van der Waals surface area contributed by atoms with Gasteiger partial charge in [0.15, 0.2) is 0 Å². The van der Waals surface area contributed by atoms with Crippen LogP contribution in [0, 0.1) is 11.8 Å². The minimum absolute atomic E-state index is 0.00419. The molecule has 0 amide bonds. The summed E-state index contributed by atoms with van der Waals surface area (Å²) in [6, 6.07) is 8.49.